The van der Waals surface area contributed by atoms with Crippen molar-refractivity contribution in [2.24, 2.45) is 11.6 Å². The predicted molar refractivity (Wildman–Crippen MR) is 101 cm³/mol. The van der Waals surface area contributed by atoms with Gasteiger partial charge in [0.2, 0.25) is 0 Å². The number of aldehydes is 1. The molecular formula is C16H23N7O2S. The van der Waals surface area contributed by atoms with Crippen LogP contribution in [-0.2, 0) is 10.2 Å². The van der Waals surface area contributed by atoms with Crippen LogP contribution in [0.15, 0.2) is 12.3 Å². The SMILES string of the molecule is C[C@H](CC=O)N(N)c1cnc(C(N)=O)c(Nc2cc(C(C)(C)C)ns2)n1. The van der Waals surface area contributed by atoms with Gasteiger partial charge in [-0.1, -0.05) is 20.8 Å². The Kier molecular flexibility index (Phi) is 5.88. The average molecular weight is 377 g/mol. The van der Waals surface area contributed by atoms with Crippen molar-refractivity contribution in [2.45, 2.75) is 45.6 Å². The van der Waals surface area contributed by atoms with Crippen molar-refractivity contribution >= 4 is 40.4 Å². The first kappa shape index (κ1) is 19.7. The minimum Gasteiger partial charge on any atom is -0.364 e. The summed E-state index contributed by atoms with van der Waals surface area (Å²) in [6.45, 7) is 7.95. The van der Waals surface area contributed by atoms with Crippen molar-refractivity contribution in [1.82, 2.24) is 14.3 Å². The second-order valence-electron chi connectivity index (χ2n) is 6.90. The molecule has 0 saturated heterocycles. The van der Waals surface area contributed by atoms with Crippen LogP contribution in [0.3, 0.4) is 0 Å². The third-order valence-electron chi connectivity index (χ3n) is 3.69. The van der Waals surface area contributed by atoms with E-state index in [2.05, 4.69) is 40.4 Å². The molecule has 0 aromatic carbocycles. The third-order valence-corrected chi connectivity index (χ3v) is 4.39. The minimum atomic E-state index is -0.711. The van der Waals surface area contributed by atoms with Gasteiger partial charge in [0.15, 0.2) is 17.3 Å². The molecule has 2 heterocycles. The zero-order chi connectivity index (χ0) is 19.5. The molecule has 0 aliphatic rings. The number of nitrogens with zero attached hydrogens (tertiary/aromatic N) is 4. The van der Waals surface area contributed by atoms with Gasteiger partial charge in [-0.2, -0.15) is 4.37 Å². The lowest BCUT2D eigenvalue weighted by Gasteiger charge is -2.24. The Balaban J connectivity index is 2.35. The van der Waals surface area contributed by atoms with Gasteiger partial charge in [-0.3, -0.25) is 9.80 Å². The number of aromatic nitrogens is 3. The molecule has 26 heavy (non-hydrogen) atoms. The van der Waals surface area contributed by atoms with E-state index in [1.165, 1.54) is 22.7 Å². The highest BCUT2D eigenvalue weighted by molar-refractivity contribution is 7.10. The van der Waals surface area contributed by atoms with E-state index in [4.69, 9.17) is 11.6 Å². The van der Waals surface area contributed by atoms with E-state index in [9.17, 15) is 9.59 Å². The predicted octanol–water partition coefficient (Wildman–Crippen LogP) is 1.73. The van der Waals surface area contributed by atoms with Crippen LogP contribution in [-0.4, -0.2) is 32.6 Å². The van der Waals surface area contributed by atoms with Gasteiger partial charge in [0.1, 0.15) is 11.3 Å². The molecule has 2 rings (SSSR count). The van der Waals surface area contributed by atoms with Crippen molar-refractivity contribution in [2.75, 3.05) is 10.3 Å². The number of rotatable bonds is 7. The first-order valence-electron chi connectivity index (χ1n) is 8.02. The smallest absolute Gasteiger partial charge is 0.271 e. The first-order chi connectivity index (χ1) is 12.1. The monoisotopic (exact) mass is 377 g/mol. The second kappa shape index (κ2) is 7.75. The fraction of sp³-hybridized carbons (Fsp3) is 0.438. The lowest BCUT2D eigenvalue weighted by molar-refractivity contribution is -0.108. The summed E-state index contributed by atoms with van der Waals surface area (Å²) in [5.41, 5.74) is 6.20. The normalized spacial score (nSPS) is 12.5. The molecule has 2 aromatic heterocycles. The number of hydrogen-bond acceptors (Lipinski definition) is 9. The lowest BCUT2D eigenvalue weighted by Crippen LogP contribution is -2.40. The Morgan fingerprint density at radius 2 is 2.15 bits per heavy atom. The van der Waals surface area contributed by atoms with Gasteiger partial charge in [0.25, 0.3) is 5.91 Å². The Morgan fingerprint density at radius 3 is 2.69 bits per heavy atom. The number of carbonyl (C=O) groups excluding carboxylic acids is 2. The van der Waals surface area contributed by atoms with Crippen molar-refractivity contribution < 1.29 is 9.59 Å². The summed E-state index contributed by atoms with van der Waals surface area (Å²) in [6, 6.07) is 1.61. The largest absolute Gasteiger partial charge is 0.364 e. The van der Waals surface area contributed by atoms with Crippen LogP contribution in [0, 0.1) is 0 Å². The molecule has 0 aliphatic heterocycles. The van der Waals surface area contributed by atoms with E-state index in [0.29, 0.717) is 10.8 Å². The van der Waals surface area contributed by atoms with E-state index >= 15 is 0 Å². The van der Waals surface area contributed by atoms with Gasteiger partial charge >= 0.3 is 0 Å². The zero-order valence-corrected chi connectivity index (χ0v) is 16.0. The highest BCUT2D eigenvalue weighted by Gasteiger charge is 2.21. The van der Waals surface area contributed by atoms with Crippen LogP contribution in [0.1, 0.15) is 50.3 Å². The molecule has 0 spiro atoms. The van der Waals surface area contributed by atoms with Crippen LogP contribution in [0.4, 0.5) is 16.6 Å². The summed E-state index contributed by atoms with van der Waals surface area (Å²) in [6.07, 6.45) is 2.36. The lowest BCUT2D eigenvalue weighted by atomic mass is 9.92. The van der Waals surface area contributed by atoms with Crippen molar-refractivity contribution in [3.05, 3.63) is 23.7 Å². The van der Waals surface area contributed by atoms with E-state index in [0.717, 1.165) is 12.0 Å². The molecule has 9 nitrogen and oxygen atoms in total. The third kappa shape index (κ3) is 4.52. The summed E-state index contributed by atoms with van der Waals surface area (Å²) in [5, 5.41) is 5.07. The fourth-order valence-electron chi connectivity index (χ4n) is 2.05. The molecule has 0 fully saturated rings. The summed E-state index contributed by atoms with van der Waals surface area (Å²) >= 11 is 1.25. The fourth-order valence-corrected chi connectivity index (χ4v) is 2.88. The Morgan fingerprint density at radius 1 is 1.46 bits per heavy atom. The molecule has 0 bridgehead atoms. The van der Waals surface area contributed by atoms with Gasteiger partial charge in [0.05, 0.1) is 17.9 Å². The topological polar surface area (TPSA) is 140 Å². The van der Waals surface area contributed by atoms with Crippen LogP contribution in [0.2, 0.25) is 0 Å². The van der Waals surface area contributed by atoms with Gasteiger partial charge in [0, 0.05) is 11.8 Å². The van der Waals surface area contributed by atoms with E-state index < -0.39 is 5.91 Å². The van der Waals surface area contributed by atoms with Crippen LogP contribution >= 0.6 is 11.5 Å². The average Bonchev–Trinajstić information content (AvgIpc) is 3.03. The minimum absolute atomic E-state index is 0.00380. The standard InChI is InChI=1S/C16H23N7O2S/c1-9(5-6-24)23(18)11-8-19-13(14(17)25)15(20-11)21-12-7-10(22-26-12)16(2,3)4/h6-9H,5,18H2,1-4H3,(H2,17,25)(H,20,21)/t9-/m1/s1. The van der Waals surface area contributed by atoms with Gasteiger partial charge in [-0.25, -0.2) is 15.8 Å². The van der Waals surface area contributed by atoms with E-state index in [1.54, 1.807) is 6.92 Å². The van der Waals surface area contributed by atoms with Crippen LogP contribution < -0.4 is 21.9 Å². The van der Waals surface area contributed by atoms with Crippen molar-refractivity contribution in [3.63, 3.8) is 0 Å². The number of hydrogen-bond donors (Lipinski definition) is 3. The number of carbonyl (C=O) groups is 2. The summed E-state index contributed by atoms with van der Waals surface area (Å²) in [4.78, 5) is 30.8. The Hall–Kier alpha value is -2.59. The van der Waals surface area contributed by atoms with Crippen LogP contribution in [0.5, 0.6) is 0 Å². The van der Waals surface area contributed by atoms with Gasteiger partial charge in [-0.05, 0) is 24.5 Å². The molecule has 0 radical (unpaired) electrons. The van der Waals surface area contributed by atoms with E-state index in [1.807, 2.05) is 6.07 Å². The van der Waals surface area contributed by atoms with Crippen molar-refractivity contribution in [1.29, 1.82) is 0 Å². The second-order valence-corrected chi connectivity index (χ2v) is 7.70. The maximum Gasteiger partial charge on any atom is 0.271 e. The number of primary amides is 1. The summed E-state index contributed by atoms with van der Waals surface area (Å²) in [7, 11) is 0. The molecular weight excluding hydrogens is 354 g/mol. The molecule has 1 atom stereocenters. The molecule has 140 valence electrons. The quantitative estimate of drug-likeness (QED) is 0.376. The van der Waals surface area contributed by atoms with E-state index in [-0.39, 0.29) is 29.4 Å². The number of amides is 1. The molecule has 10 heteroatoms. The Bertz CT molecular complexity index is 800. The molecule has 2 aromatic rings. The van der Waals surface area contributed by atoms with Gasteiger partial charge in [-0.15, -0.1) is 0 Å². The molecule has 0 saturated carbocycles. The van der Waals surface area contributed by atoms with Gasteiger partial charge < -0.3 is 15.8 Å². The molecule has 5 N–H and O–H groups in total. The summed E-state index contributed by atoms with van der Waals surface area (Å²) in [5.74, 6) is 5.78. The number of nitrogens with one attached hydrogen (secondary N) is 1. The highest BCUT2D eigenvalue weighted by Crippen LogP contribution is 2.29. The molecule has 0 aliphatic carbocycles. The summed E-state index contributed by atoms with van der Waals surface area (Å²) < 4.78 is 4.41. The molecule has 1 amide bonds. The zero-order valence-electron chi connectivity index (χ0n) is 15.2. The number of nitrogens with two attached hydrogens (primary N) is 2. The number of hydrazine groups is 1. The molecule has 0 unspecified atom stereocenters. The van der Waals surface area contributed by atoms with Crippen molar-refractivity contribution in [3.8, 4) is 0 Å². The highest BCUT2D eigenvalue weighted by atomic mass is 32.1. The van der Waals surface area contributed by atoms with Crippen LogP contribution in [0.25, 0.3) is 0 Å². The maximum absolute atomic E-state index is 11.7. The Labute approximate surface area is 155 Å². The first-order valence-corrected chi connectivity index (χ1v) is 8.79. The maximum atomic E-state index is 11.7. The number of anilines is 3.